The van der Waals surface area contributed by atoms with Crippen molar-refractivity contribution in [3.05, 3.63) is 0 Å². The van der Waals surface area contributed by atoms with Crippen LogP contribution >= 0.6 is 0 Å². The van der Waals surface area contributed by atoms with Gasteiger partial charge in [0.1, 0.15) is 6.04 Å². The van der Waals surface area contributed by atoms with Gasteiger partial charge >= 0.3 is 5.97 Å². The Bertz CT molecular complexity index is 262. The molecule has 0 aromatic rings. The zero-order valence-corrected chi connectivity index (χ0v) is 10.6. The number of nitrogens with one attached hydrogen (secondary N) is 2. The maximum atomic E-state index is 11.5. The first-order valence-electron chi connectivity index (χ1n) is 5.97. The molecule has 1 aliphatic heterocycles. The van der Waals surface area contributed by atoms with Crippen molar-refractivity contribution < 1.29 is 23.8 Å². The fourth-order valence-corrected chi connectivity index (χ4v) is 1.41. The van der Waals surface area contributed by atoms with E-state index in [0.717, 1.165) is 0 Å². The quantitative estimate of drug-likeness (QED) is 0.415. The normalized spacial score (nSPS) is 19.4. The first kappa shape index (κ1) is 14.9. The molecule has 18 heavy (non-hydrogen) atoms. The molecule has 104 valence electrons. The molecule has 0 aliphatic carbocycles. The third-order valence-electron chi connectivity index (χ3n) is 2.41. The van der Waals surface area contributed by atoms with Gasteiger partial charge in [-0.25, -0.2) is 0 Å². The molecule has 7 heteroatoms. The monoisotopic (exact) mass is 260 g/mol. The van der Waals surface area contributed by atoms with Gasteiger partial charge in [0.2, 0.25) is 5.91 Å². The second kappa shape index (κ2) is 8.84. The average Bonchev–Trinajstić information content (AvgIpc) is 2.38. The summed E-state index contributed by atoms with van der Waals surface area (Å²) in [7, 11) is 1.61. The molecular formula is C11H20N2O5. The summed E-state index contributed by atoms with van der Waals surface area (Å²) in [6.07, 6.45) is 0.647. The summed E-state index contributed by atoms with van der Waals surface area (Å²) in [6.45, 7) is 2.39. The van der Waals surface area contributed by atoms with Gasteiger partial charge in [-0.2, -0.15) is 0 Å². The molecule has 0 saturated carbocycles. The Labute approximate surface area is 106 Å². The lowest BCUT2D eigenvalue weighted by molar-refractivity contribution is -0.147. The molecule has 0 radical (unpaired) electrons. The van der Waals surface area contributed by atoms with Gasteiger partial charge in [-0.1, -0.05) is 0 Å². The smallest absolute Gasteiger partial charge is 0.324 e. The molecule has 0 aromatic heterocycles. The van der Waals surface area contributed by atoms with Gasteiger partial charge in [0.15, 0.2) is 0 Å². The van der Waals surface area contributed by atoms with Gasteiger partial charge in [0.05, 0.1) is 26.4 Å². The SMILES string of the molecule is COCCOCCCOC(=O)C1CNC(=O)CN1. The Balaban J connectivity index is 1.98. The van der Waals surface area contributed by atoms with E-state index in [1.165, 1.54) is 0 Å². The van der Waals surface area contributed by atoms with Gasteiger partial charge in [-0.05, 0) is 0 Å². The number of piperazine rings is 1. The minimum Gasteiger partial charge on any atom is -0.464 e. The van der Waals surface area contributed by atoms with Gasteiger partial charge in [0.25, 0.3) is 0 Å². The van der Waals surface area contributed by atoms with Crippen molar-refractivity contribution in [1.29, 1.82) is 0 Å². The summed E-state index contributed by atoms with van der Waals surface area (Å²) in [6, 6.07) is -0.447. The van der Waals surface area contributed by atoms with Gasteiger partial charge in [-0.3, -0.25) is 14.9 Å². The van der Waals surface area contributed by atoms with Crippen LogP contribution < -0.4 is 10.6 Å². The molecule has 7 nitrogen and oxygen atoms in total. The second-order valence-electron chi connectivity index (χ2n) is 3.86. The van der Waals surface area contributed by atoms with Gasteiger partial charge in [-0.15, -0.1) is 0 Å². The van der Waals surface area contributed by atoms with Gasteiger partial charge < -0.3 is 19.5 Å². The molecule has 1 aliphatic rings. The molecule has 1 fully saturated rings. The largest absolute Gasteiger partial charge is 0.464 e. The first-order valence-corrected chi connectivity index (χ1v) is 5.97. The van der Waals surface area contributed by atoms with Crippen molar-refractivity contribution in [3.8, 4) is 0 Å². The predicted octanol–water partition coefficient (Wildman–Crippen LogP) is -1.33. The van der Waals surface area contributed by atoms with E-state index in [4.69, 9.17) is 14.2 Å². The summed E-state index contributed by atoms with van der Waals surface area (Å²) < 4.78 is 15.1. The Morgan fingerprint density at radius 1 is 1.33 bits per heavy atom. The van der Waals surface area contributed by atoms with E-state index in [2.05, 4.69) is 10.6 Å². The van der Waals surface area contributed by atoms with Crippen LogP contribution in [0.1, 0.15) is 6.42 Å². The number of hydrogen-bond donors (Lipinski definition) is 2. The van der Waals surface area contributed by atoms with Crippen LogP contribution in [0.4, 0.5) is 0 Å². The minimum absolute atomic E-state index is 0.106. The van der Waals surface area contributed by atoms with Crippen molar-refractivity contribution in [2.45, 2.75) is 12.5 Å². The highest BCUT2D eigenvalue weighted by molar-refractivity contribution is 5.83. The number of amides is 1. The van der Waals surface area contributed by atoms with Crippen molar-refractivity contribution in [1.82, 2.24) is 10.6 Å². The van der Waals surface area contributed by atoms with E-state index in [-0.39, 0.29) is 25.0 Å². The minimum atomic E-state index is -0.447. The van der Waals surface area contributed by atoms with E-state index in [0.29, 0.717) is 32.8 Å². The number of carbonyl (C=O) groups is 2. The highest BCUT2D eigenvalue weighted by atomic mass is 16.5. The van der Waals surface area contributed by atoms with Crippen molar-refractivity contribution in [2.75, 3.05) is 46.6 Å². The van der Waals surface area contributed by atoms with Crippen LogP contribution in [0.15, 0.2) is 0 Å². The number of carbonyl (C=O) groups excluding carboxylic acids is 2. The molecule has 1 atom stereocenters. The Kier molecular flexibility index (Phi) is 7.31. The zero-order chi connectivity index (χ0) is 13.2. The third kappa shape index (κ3) is 5.95. The van der Waals surface area contributed by atoms with Crippen LogP contribution in [-0.2, 0) is 23.8 Å². The average molecular weight is 260 g/mol. The van der Waals surface area contributed by atoms with E-state index in [1.807, 2.05) is 0 Å². The summed E-state index contributed by atoms with van der Waals surface area (Å²) in [4.78, 5) is 22.4. The molecule has 1 rings (SSSR count). The van der Waals surface area contributed by atoms with Crippen LogP contribution in [-0.4, -0.2) is 64.5 Å². The number of rotatable bonds is 8. The van der Waals surface area contributed by atoms with E-state index >= 15 is 0 Å². The summed E-state index contributed by atoms with van der Waals surface area (Å²) in [5.41, 5.74) is 0. The van der Waals surface area contributed by atoms with E-state index in [1.54, 1.807) is 7.11 Å². The highest BCUT2D eigenvalue weighted by Crippen LogP contribution is 1.94. The maximum Gasteiger partial charge on any atom is 0.324 e. The van der Waals surface area contributed by atoms with Crippen LogP contribution in [0.3, 0.4) is 0 Å². The molecule has 1 saturated heterocycles. The van der Waals surface area contributed by atoms with Crippen molar-refractivity contribution in [3.63, 3.8) is 0 Å². The number of esters is 1. The maximum absolute atomic E-state index is 11.5. The molecule has 1 heterocycles. The van der Waals surface area contributed by atoms with Crippen LogP contribution in [0.5, 0.6) is 0 Å². The second-order valence-corrected chi connectivity index (χ2v) is 3.86. The molecule has 0 bridgehead atoms. The number of ether oxygens (including phenoxy) is 3. The van der Waals surface area contributed by atoms with Crippen LogP contribution in [0.25, 0.3) is 0 Å². The standard InChI is InChI=1S/C11H20N2O5/c1-16-5-6-17-3-2-4-18-11(15)9-7-13-10(14)8-12-9/h9,12H,2-8H2,1H3,(H,13,14). The molecule has 0 aromatic carbocycles. The molecular weight excluding hydrogens is 240 g/mol. The highest BCUT2D eigenvalue weighted by Gasteiger charge is 2.24. The topological polar surface area (TPSA) is 85.9 Å². The van der Waals surface area contributed by atoms with Crippen molar-refractivity contribution in [2.24, 2.45) is 0 Å². The van der Waals surface area contributed by atoms with E-state index < -0.39 is 6.04 Å². The molecule has 1 unspecified atom stereocenters. The van der Waals surface area contributed by atoms with E-state index in [9.17, 15) is 9.59 Å². The Morgan fingerprint density at radius 2 is 2.17 bits per heavy atom. The van der Waals surface area contributed by atoms with Crippen molar-refractivity contribution >= 4 is 11.9 Å². The van der Waals surface area contributed by atoms with Gasteiger partial charge in [0, 0.05) is 26.7 Å². The predicted molar refractivity (Wildman–Crippen MR) is 63.1 cm³/mol. The lowest BCUT2D eigenvalue weighted by atomic mass is 10.2. The Hall–Kier alpha value is -1.18. The fraction of sp³-hybridized carbons (Fsp3) is 0.818. The number of hydrogen-bond acceptors (Lipinski definition) is 6. The molecule has 0 spiro atoms. The lowest BCUT2D eigenvalue weighted by Gasteiger charge is -2.22. The first-order chi connectivity index (χ1) is 8.74. The zero-order valence-electron chi connectivity index (χ0n) is 10.6. The van der Waals surface area contributed by atoms with Crippen LogP contribution in [0, 0.1) is 0 Å². The third-order valence-corrected chi connectivity index (χ3v) is 2.41. The molecule has 1 amide bonds. The summed E-state index contributed by atoms with van der Waals surface area (Å²) in [5, 5.41) is 5.40. The summed E-state index contributed by atoms with van der Waals surface area (Å²) >= 11 is 0. The van der Waals surface area contributed by atoms with Crippen LogP contribution in [0.2, 0.25) is 0 Å². The fourth-order valence-electron chi connectivity index (χ4n) is 1.41. The molecule has 2 N–H and O–H groups in total. The lowest BCUT2D eigenvalue weighted by Crippen LogP contribution is -2.55. The Morgan fingerprint density at radius 3 is 2.83 bits per heavy atom. The number of methoxy groups -OCH3 is 1. The summed E-state index contributed by atoms with van der Waals surface area (Å²) in [5.74, 6) is -0.447.